The summed E-state index contributed by atoms with van der Waals surface area (Å²) in [7, 11) is 0. The molecule has 0 rings (SSSR count). The molecule has 116 valence electrons. The van der Waals surface area contributed by atoms with Gasteiger partial charge in [-0.1, -0.05) is 65.2 Å². The molecular formula is C16H36NS2+. The van der Waals surface area contributed by atoms with Crippen LogP contribution in [-0.2, 0) is 0 Å². The second kappa shape index (κ2) is 13.6. The van der Waals surface area contributed by atoms with Crippen molar-refractivity contribution in [1.82, 2.24) is 0 Å². The minimum absolute atomic E-state index is 0.627. The fourth-order valence-electron chi connectivity index (χ4n) is 2.40. The maximum absolute atomic E-state index is 4.68. The van der Waals surface area contributed by atoms with E-state index in [9.17, 15) is 0 Å². The number of unbranched alkanes of at least 4 members (excludes halogenated alkanes) is 10. The summed E-state index contributed by atoms with van der Waals surface area (Å²) in [5.41, 5.74) is 0. The lowest BCUT2D eigenvalue weighted by Gasteiger charge is -2.24. The van der Waals surface area contributed by atoms with Crippen LogP contribution in [0.15, 0.2) is 0 Å². The van der Waals surface area contributed by atoms with Gasteiger partial charge in [0.15, 0.2) is 0 Å². The van der Waals surface area contributed by atoms with E-state index in [4.69, 9.17) is 0 Å². The SMILES string of the molecule is CCCCCCCC[N+](S)(S)CCCCCCCC. The summed E-state index contributed by atoms with van der Waals surface area (Å²) >= 11 is 9.35. The standard InChI is InChI=1S/C16H36NS2/c1-3-5-7-9-11-13-15-17(18,19)16-14-12-10-8-6-4-2/h18-19H,3-16H2,1-2H3/q+1. The van der Waals surface area contributed by atoms with Crippen LogP contribution in [0.3, 0.4) is 0 Å². The molecule has 1 nitrogen and oxygen atoms in total. The van der Waals surface area contributed by atoms with Gasteiger partial charge in [0.05, 0.1) is 38.7 Å². The van der Waals surface area contributed by atoms with Crippen molar-refractivity contribution < 1.29 is 3.29 Å². The van der Waals surface area contributed by atoms with Gasteiger partial charge in [0, 0.05) is 0 Å². The molecule has 0 aromatic carbocycles. The largest absolute Gasteiger partial charge is 0.206 e. The van der Waals surface area contributed by atoms with Gasteiger partial charge in [0.25, 0.3) is 0 Å². The molecule has 19 heavy (non-hydrogen) atoms. The second-order valence-corrected chi connectivity index (χ2v) is 7.71. The normalized spacial score (nSPS) is 12.0. The third-order valence-electron chi connectivity index (χ3n) is 3.74. The minimum Gasteiger partial charge on any atom is -0.206 e. The number of nitrogens with zero attached hydrogens (tertiary/aromatic N) is 1. The molecule has 0 bridgehead atoms. The van der Waals surface area contributed by atoms with Crippen LogP contribution in [0.1, 0.15) is 90.9 Å². The quantitative estimate of drug-likeness (QED) is 0.213. The highest BCUT2D eigenvalue weighted by atomic mass is 32.2. The smallest absolute Gasteiger partial charge is 0.0998 e. The molecule has 0 aromatic rings. The zero-order chi connectivity index (χ0) is 14.4. The highest BCUT2D eigenvalue weighted by Gasteiger charge is 2.17. The van der Waals surface area contributed by atoms with Crippen molar-refractivity contribution in [1.29, 1.82) is 0 Å². The molecule has 0 aromatic heterocycles. The predicted molar refractivity (Wildman–Crippen MR) is 94.7 cm³/mol. The molecule has 0 radical (unpaired) electrons. The van der Waals surface area contributed by atoms with Gasteiger partial charge in [-0.25, -0.2) is 3.29 Å². The van der Waals surface area contributed by atoms with Crippen molar-refractivity contribution in [2.24, 2.45) is 0 Å². The fraction of sp³-hybridized carbons (Fsp3) is 1.00. The molecule has 0 atom stereocenters. The van der Waals surface area contributed by atoms with Gasteiger partial charge in [-0.05, 0) is 25.7 Å². The van der Waals surface area contributed by atoms with Crippen molar-refractivity contribution in [3.05, 3.63) is 0 Å². The topological polar surface area (TPSA) is 0 Å². The van der Waals surface area contributed by atoms with Crippen molar-refractivity contribution in [3.8, 4) is 0 Å². The van der Waals surface area contributed by atoms with E-state index < -0.39 is 0 Å². The Bertz CT molecular complexity index is 166. The first-order valence-electron chi connectivity index (χ1n) is 8.45. The third kappa shape index (κ3) is 14.9. The van der Waals surface area contributed by atoms with Gasteiger partial charge >= 0.3 is 0 Å². The predicted octanol–water partition coefficient (Wildman–Crippen LogP) is 6.21. The molecule has 0 saturated heterocycles. The maximum Gasteiger partial charge on any atom is 0.0998 e. The molecule has 0 unspecified atom stereocenters. The van der Waals surface area contributed by atoms with Crippen molar-refractivity contribution in [3.63, 3.8) is 0 Å². The highest BCUT2D eigenvalue weighted by Crippen LogP contribution is 2.20. The Labute approximate surface area is 133 Å². The van der Waals surface area contributed by atoms with Crippen molar-refractivity contribution in [2.75, 3.05) is 13.1 Å². The summed E-state index contributed by atoms with van der Waals surface area (Å²) in [5.74, 6) is 0. The molecule has 0 N–H and O–H groups in total. The summed E-state index contributed by atoms with van der Waals surface area (Å²) in [5, 5.41) is 0. The summed E-state index contributed by atoms with van der Waals surface area (Å²) in [6, 6.07) is 0. The Morgan fingerprint density at radius 3 is 1.21 bits per heavy atom. The lowest BCUT2D eigenvalue weighted by molar-refractivity contribution is -0.641. The molecule has 0 aliphatic carbocycles. The van der Waals surface area contributed by atoms with Gasteiger partial charge in [0.1, 0.15) is 0 Å². The Kier molecular flexibility index (Phi) is 14.1. The molecule has 0 fully saturated rings. The first-order valence-corrected chi connectivity index (χ1v) is 9.25. The zero-order valence-corrected chi connectivity index (χ0v) is 15.0. The molecule has 0 amide bonds. The van der Waals surface area contributed by atoms with E-state index in [1.807, 2.05) is 0 Å². The summed E-state index contributed by atoms with van der Waals surface area (Å²) in [6.07, 6.45) is 16.2. The van der Waals surface area contributed by atoms with Crippen LogP contribution >= 0.6 is 25.6 Å². The highest BCUT2D eigenvalue weighted by molar-refractivity contribution is 7.87. The van der Waals surface area contributed by atoms with Crippen LogP contribution in [0.5, 0.6) is 0 Å². The van der Waals surface area contributed by atoms with Crippen LogP contribution in [0.25, 0.3) is 0 Å². The average molecular weight is 307 g/mol. The maximum atomic E-state index is 4.68. The number of thiol groups is 2. The van der Waals surface area contributed by atoms with E-state index in [1.165, 1.54) is 77.0 Å². The van der Waals surface area contributed by atoms with Gasteiger partial charge in [-0.2, -0.15) is 0 Å². The molecule has 0 aliphatic rings. The van der Waals surface area contributed by atoms with E-state index in [-0.39, 0.29) is 0 Å². The van der Waals surface area contributed by atoms with Gasteiger partial charge in [0.2, 0.25) is 0 Å². The molecule has 0 saturated carbocycles. The monoisotopic (exact) mass is 306 g/mol. The van der Waals surface area contributed by atoms with E-state index >= 15 is 0 Å². The third-order valence-corrected chi connectivity index (χ3v) is 4.54. The van der Waals surface area contributed by atoms with E-state index in [1.54, 1.807) is 0 Å². The summed E-state index contributed by atoms with van der Waals surface area (Å²) in [4.78, 5) is 0. The van der Waals surface area contributed by atoms with Crippen LogP contribution in [0.4, 0.5) is 0 Å². The lowest BCUT2D eigenvalue weighted by atomic mass is 10.1. The zero-order valence-electron chi connectivity index (χ0n) is 13.2. The van der Waals surface area contributed by atoms with Gasteiger partial charge in [-0.3, -0.25) is 0 Å². The van der Waals surface area contributed by atoms with Crippen LogP contribution in [0.2, 0.25) is 0 Å². The first kappa shape index (κ1) is 19.7. The number of rotatable bonds is 14. The average Bonchev–Trinajstić information content (AvgIpc) is 2.38. The van der Waals surface area contributed by atoms with Crippen LogP contribution in [-0.4, -0.2) is 16.4 Å². The van der Waals surface area contributed by atoms with Crippen LogP contribution in [0, 0.1) is 0 Å². The number of hydrogen-bond acceptors (Lipinski definition) is 2. The number of hydrogen-bond donors (Lipinski definition) is 2. The summed E-state index contributed by atoms with van der Waals surface area (Å²) in [6.45, 7) is 6.74. The van der Waals surface area contributed by atoms with Gasteiger partial charge in [-0.15, -0.1) is 0 Å². The Balaban J connectivity index is 3.36. The fourth-order valence-corrected chi connectivity index (χ4v) is 2.97. The minimum atomic E-state index is 0.627. The van der Waals surface area contributed by atoms with Gasteiger partial charge < -0.3 is 0 Å². The van der Waals surface area contributed by atoms with Crippen LogP contribution < -0.4 is 0 Å². The molecule has 3 heteroatoms. The Morgan fingerprint density at radius 1 is 0.526 bits per heavy atom. The van der Waals surface area contributed by atoms with Crippen molar-refractivity contribution >= 4 is 25.6 Å². The van der Waals surface area contributed by atoms with E-state index in [0.717, 1.165) is 13.1 Å². The number of quaternary nitrogens is 1. The van der Waals surface area contributed by atoms with E-state index in [0.29, 0.717) is 3.29 Å². The Morgan fingerprint density at radius 2 is 0.842 bits per heavy atom. The first-order chi connectivity index (χ1) is 9.12. The molecular weight excluding hydrogens is 270 g/mol. The molecule has 0 aliphatic heterocycles. The molecule has 0 spiro atoms. The lowest BCUT2D eigenvalue weighted by Crippen LogP contribution is -2.29. The van der Waals surface area contributed by atoms with E-state index in [2.05, 4.69) is 39.5 Å². The second-order valence-electron chi connectivity index (χ2n) is 5.86. The van der Waals surface area contributed by atoms with Crippen molar-refractivity contribution in [2.45, 2.75) is 90.9 Å². The Hall–Kier alpha value is 0.660. The summed E-state index contributed by atoms with van der Waals surface area (Å²) < 4.78 is 0.627. The molecule has 0 heterocycles.